The Balaban J connectivity index is 1.70. The molecule has 2 aromatic carbocycles. The number of benzene rings is 2. The van der Waals surface area contributed by atoms with Crippen molar-refractivity contribution < 1.29 is 4.74 Å². The van der Waals surface area contributed by atoms with Crippen molar-refractivity contribution in [3.05, 3.63) is 70.8 Å². The van der Waals surface area contributed by atoms with Crippen molar-refractivity contribution in [2.24, 2.45) is 0 Å². The summed E-state index contributed by atoms with van der Waals surface area (Å²) in [7, 11) is 2.20. The Morgan fingerprint density at radius 2 is 1.70 bits per heavy atom. The molecule has 0 spiro atoms. The average molecular weight is 305 g/mol. The predicted octanol–water partition coefficient (Wildman–Crippen LogP) is 3.89. The van der Waals surface area contributed by atoms with Gasteiger partial charge in [-0.3, -0.25) is 4.90 Å². The zero-order valence-electron chi connectivity index (χ0n) is 13.7. The summed E-state index contributed by atoms with van der Waals surface area (Å²) >= 11 is 0. The van der Waals surface area contributed by atoms with Crippen molar-refractivity contribution in [3.8, 4) is 0 Å². The summed E-state index contributed by atoms with van der Waals surface area (Å²) in [4.78, 5) is 2.38. The second kappa shape index (κ2) is 4.93. The van der Waals surface area contributed by atoms with Gasteiger partial charge in [-0.15, -0.1) is 0 Å². The summed E-state index contributed by atoms with van der Waals surface area (Å²) in [5.41, 5.74) is 6.35. The summed E-state index contributed by atoms with van der Waals surface area (Å²) in [6.45, 7) is 1.91. The highest BCUT2D eigenvalue weighted by Gasteiger charge is 2.49. The third-order valence-corrected chi connectivity index (χ3v) is 6.33. The maximum absolute atomic E-state index is 6.07. The molecule has 2 bridgehead atoms. The fourth-order valence-electron chi connectivity index (χ4n) is 5.20. The molecule has 0 saturated carbocycles. The highest BCUT2D eigenvalue weighted by molar-refractivity contribution is 5.59. The molecule has 1 fully saturated rings. The molecule has 2 heteroatoms. The van der Waals surface area contributed by atoms with Gasteiger partial charge in [0, 0.05) is 24.3 Å². The molecular weight excluding hydrogens is 282 g/mol. The number of fused-ring (bicyclic) bond motifs is 1. The first-order valence-electron chi connectivity index (χ1n) is 8.80. The van der Waals surface area contributed by atoms with E-state index in [4.69, 9.17) is 4.74 Å². The van der Waals surface area contributed by atoms with Crippen LogP contribution in [0.5, 0.6) is 0 Å². The summed E-state index contributed by atoms with van der Waals surface area (Å²) in [6, 6.07) is 18.3. The molecule has 1 aliphatic heterocycles. The van der Waals surface area contributed by atoms with Crippen LogP contribution < -0.4 is 0 Å². The number of nitrogens with zero attached hydrogens (tertiary/aromatic N) is 1. The van der Waals surface area contributed by atoms with Crippen LogP contribution in [0, 0.1) is 0 Å². The van der Waals surface area contributed by atoms with Gasteiger partial charge in [0.1, 0.15) is 6.23 Å². The molecule has 23 heavy (non-hydrogen) atoms. The van der Waals surface area contributed by atoms with Gasteiger partial charge in [-0.1, -0.05) is 48.5 Å². The molecule has 2 nitrogen and oxygen atoms in total. The largest absolute Gasteiger partial charge is 0.362 e. The van der Waals surface area contributed by atoms with E-state index in [0.717, 1.165) is 19.6 Å². The lowest BCUT2D eigenvalue weighted by atomic mass is 9.54. The molecule has 0 aromatic heterocycles. The molecule has 1 heterocycles. The third-order valence-electron chi connectivity index (χ3n) is 6.33. The molecule has 6 rings (SSSR count). The van der Waals surface area contributed by atoms with Crippen molar-refractivity contribution in [1.29, 1.82) is 0 Å². The van der Waals surface area contributed by atoms with Crippen molar-refractivity contribution in [1.82, 2.24) is 4.90 Å². The molecule has 3 aliphatic carbocycles. The monoisotopic (exact) mass is 305 g/mol. The normalized spacial score (nSPS) is 31.9. The van der Waals surface area contributed by atoms with E-state index in [1.165, 1.54) is 12.8 Å². The first-order chi connectivity index (χ1) is 11.3. The number of likely N-dealkylation sites (N-methyl/N-ethyl adjacent to an activating group) is 1. The van der Waals surface area contributed by atoms with Crippen LogP contribution >= 0.6 is 0 Å². The molecule has 4 aliphatic rings. The lowest BCUT2D eigenvalue weighted by molar-refractivity contribution is 0.0204. The first-order valence-corrected chi connectivity index (χ1v) is 8.80. The van der Waals surface area contributed by atoms with Gasteiger partial charge in [0.15, 0.2) is 0 Å². The van der Waals surface area contributed by atoms with Gasteiger partial charge in [-0.05, 0) is 42.1 Å². The summed E-state index contributed by atoms with van der Waals surface area (Å²) in [5.74, 6) is 0.589. The van der Waals surface area contributed by atoms with Crippen molar-refractivity contribution in [3.63, 3.8) is 0 Å². The van der Waals surface area contributed by atoms with Crippen LogP contribution in [0.1, 0.15) is 47.4 Å². The van der Waals surface area contributed by atoms with E-state index in [-0.39, 0.29) is 11.6 Å². The van der Waals surface area contributed by atoms with Gasteiger partial charge in [-0.2, -0.15) is 0 Å². The van der Waals surface area contributed by atoms with Crippen molar-refractivity contribution >= 4 is 0 Å². The van der Waals surface area contributed by atoms with Crippen molar-refractivity contribution in [2.75, 3.05) is 20.2 Å². The Morgan fingerprint density at radius 1 is 1.04 bits per heavy atom. The smallest absolute Gasteiger partial charge is 0.111 e. The maximum atomic E-state index is 6.07. The minimum Gasteiger partial charge on any atom is -0.362 e. The Labute approximate surface area is 138 Å². The second-order valence-corrected chi connectivity index (χ2v) is 7.36. The number of rotatable bonds is 2. The number of hydrogen-bond acceptors (Lipinski definition) is 2. The fourth-order valence-corrected chi connectivity index (χ4v) is 5.20. The number of hydrogen-bond donors (Lipinski definition) is 0. The van der Waals surface area contributed by atoms with Gasteiger partial charge in [0.2, 0.25) is 0 Å². The van der Waals surface area contributed by atoms with Crippen LogP contribution in [0.3, 0.4) is 0 Å². The Kier molecular flexibility index (Phi) is 2.95. The SMILES string of the molecule is CN1CCO[C@H]1CC12CCC(c3ccccc31)c1ccccc12. The zero-order chi connectivity index (χ0) is 15.4. The van der Waals surface area contributed by atoms with Gasteiger partial charge in [0.05, 0.1) is 6.61 Å². The van der Waals surface area contributed by atoms with Gasteiger partial charge in [0.25, 0.3) is 0 Å². The van der Waals surface area contributed by atoms with E-state index in [2.05, 4.69) is 60.5 Å². The van der Waals surface area contributed by atoms with Gasteiger partial charge in [-0.25, -0.2) is 0 Å². The van der Waals surface area contributed by atoms with Crippen LogP contribution in [0.2, 0.25) is 0 Å². The van der Waals surface area contributed by atoms with E-state index in [1.54, 1.807) is 22.3 Å². The average Bonchev–Trinajstić information content (AvgIpc) is 3.00. The van der Waals surface area contributed by atoms with E-state index < -0.39 is 0 Å². The van der Waals surface area contributed by atoms with E-state index in [9.17, 15) is 0 Å². The molecule has 0 amide bonds. The Bertz CT molecular complexity index is 706. The van der Waals surface area contributed by atoms with Gasteiger partial charge >= 0.3 is 0 Å². The molecule has 1 saturated heterocycles. The first kappa shape index (κ1) is 13.8. The minimum atomic E-state index is 0.130. The highest BCUT2D eigenvalue weighted by Crippen LogP contribution is 2.58. The minimum absolute atomic E-state index is 0.130. The molecule has 118 valence electrons. The quantitative estimate of drug-likeness (QED) is 0.834. The van der Waals surface area contributed by atoms with Crippen LogP contribution in [-0.2, 0) is 10.2 Å². The highest BCUT2D eigenvalue weighted by atomic mass is 16.5. The van der Waals surface area contributed by atoms with Crippen LogP contribution in [-0.4, -0.2) is 31.3 Å². The van der Waals surface area contributed by atoms with Crippen LogP contribution in [0.4, 0.5) is 0 Å². The summed E-state index contributed by atoms with van der Waals surface area (Å²) < 4.78 is 6.07. The van der Waals surface area contributed by atoms with Crippen LogP contribution in [0.25, 0.3) is 0 Å². The second-order valence-electron chi connectivity index (χ2n) is 7.36. The molecule has 0 radical (unpaired) electrons. The van der Waals surface area contributed by atoms with E-state index in [0.29, 0.717) is 5.92 Å². The lowest BCUT2D eigenvalue weighted by Gasteiger charge is -2.50. The predicted molar refractivity (Wildman–Crippen MR) is 91.7 cm³/mol. The van der Waals surface area contributed by atoms with E-state index in [1.807, 2.05) is 0 Å². The van der Waals surface area contributed by atoms with Crippen molar-refractivity contribution in [2.45, 2.75) is 36.8 Å². The standard InChI is InChI=1S/C21H23NO/c1-22-12-13-23-20(22)14-21-11-10-15(16-6-2-4-8-18(16)21)17-7-3-5-9-19(17)21/h2-9,15,20H,10-14H2,1H3/t15?,20-,21?/m0/s1. The molecular formula is C21H23NO. The zero-order valence-corrected chi connectivity index (χ0v) is 13.7. The van der Waals surface area contributed by atoms with Gasteiger partial charge < -0.3 is 4.74 Å². The molecule has 1 atom stereocenters. The third kappa shape index (κ3) is 1.82. The van der Waals surface area contributed by atoms with Crippen LogP contribution in [0.15, 0.2) is 48.5 Å². The topological polar surface area (TPSA) is 12.5 Å². The Hall–Kier alpha value is -1.64. The Morgan fingerprint density at radius 3 is 2.30 bits per heavy atom. The molecule has 2 aromatic rings. The summed E-state index contributed by atoms with van der Waals surface area (Å²) in [5, 5.41) is 0. The summed E-state index contributed by atoms with van der Waals surface area (Å²) in [6.07, 6.45) is 3.83. The lowest BCUT2D eigenvalue weighted by Crippen LogP contribution is -2.44. The number of ether oxygens (including phenoxy) is 1. The fraction of sp³-hybridized carbons (Fsp3) is 0.429. The molecule has 0 unspecified atom stereocenters. The molecule has 0 N–H and O–H groups in total. The maximum Gasteiger partial charge on any atom is 0.111 e. The van der Waals surface area contributed by atoms with E-state index >= 15 is 0 Å².